The lowest BCUT2D eigenvalue weighted by molar-refractivity contribution is -0.141. The van der Waals surface area contributed by atoms with Gasteiger partial charge in [0.2, 0.25) is 0 Å². The van der Waals surface area contributed by atoms with Crippen molar-refractivity contribution in [3.8, 4) is 17.2 Å². The van der Waals surface area contributed by atoms with Gasteiger partial charge >= 0.3 is 5.97 Å². The third-order valence-electron chi connectivity index (χ3n) is 5.31. The van der Waals surface area contributed by atoms with Crippen LogP contribution in [0.2, 0.25) is 0 Å². The highest BCUT2D eigenvalue weighted by molar-refractivity contribution is 5.97. The van der Waals surface area contributed by atoms with Crippen molar-refractivity contribution in [2.24, 2.45) is 17.0 Å². The minimum absolute atomic E-state index is 0.0471. The second-order valence-electron chi connectivity index (χ2n) is 7.23. The lowest BCUT2D eigenvalue weighted by Gasteiger charge is -2.20. The van der Waals surface area contributed by atoms with Crippen LogP contribution in [-0.4, -0.2) is 40.9 Å². The lowest BCUT2D eigenvalue weighted by Crippen LogP contribution is -2.21. The number of aliphatic hydroxyl groups excluding tert-OH is 1. The summed E-state index contributed by atoms with van der Waals surface area (Å²) in [6.45, 7) is 0.137. The fourth-order valence-electron chi connectivity index (χ4n) is 3.64. The van der Waals surface area contributed by atoms with Crippen molar-refractivity contribution in [3.63, 3.8) is 0 Å². The SMILES string of the molecule is COc1cc(C(O)CC2COC(=O)C2Cc2ccc(O)c(C(=O)N=[N+]=[N-])c2)ccc1O. The van der Waals surface area contributed by atoms with Gasteiger partial charge in [-0.2, -0.15) is 0 Å². The Bertz CT molecular complexity index is 1050. The molecule has 3 N–H and O–H groups in total. The van der Waals surface area contributed by atoms with Crippen LogP contribution in [0.3, 0.4) is 0 Å². The van der Waals surface area contributed by atoms with E-state index in [2.05, 4.69) is 10.0 Å². The highest BCUT2D eigenvalue weighted by Crippen LogP contribution is 2.36. The molecule has 3 atom stereocenters. The summed E-state index contributed by atoms with van der Waals surface area (Å²) in [5.74, 6) is -2.36. The molecule has 1 amide bonds. The van der Waals surface area contributed by atoms with Gasteiger partial charge in [-0.15, -0.1) is 0 Å². The van der Waals surface area contributed by atoms with Gasteiger partial charge in [0.15, 0.2) is 11.5 Å². The minimum Gasteiger partial charge on any atom is -0.507 e. The number of aliphatic hydroxyl groups is 1. The molecule has 1 saturated heterocycles. The molecular formula is C21H21N3O7. The Labute approximate surface area is 177 Å². The minimum atomic E-state index is -0.927. The van der Waals surface area contributed by atoms with Gasteiger partial charge in [-0.25, -0.2) is 0 Å². The average molecular weight is 427 g/mol. The summed E-state index contributed by atoms with van der Waals surface area (Å²) in [7, 11) is 1.41. The van der Waals surface area contributed by atoms with Crippen molar-refractivity contribution in [3.05, 3.63) is 63.5 Å². The second-order valence-corrected chi connectivity index (χ2v) is 7.23. The molecule has 1 fully saturated rings. The number of phenols is 2. The Morgan fingerprint density at radius 3 is 2.74 bits per heavy atom. The van der Waals surface area contributed by atoms with Gasteiger partial charge in [-0.1, -0.05) is 12.1 Å². The quantitative estimate of drug-likeness (QED) is 0.265. The summed E-state index contributed by atoms with van der Waals surface area (Å²) in [4.78, 5) is 26.6. The Morgan fingerprint density at radius 1 is 1.29 bits per heavy atom. The van der Waals surface area contributed by atoms with E-state index in [1.165, 1.54) is 31.4 Å². The van der Waals surface area contributed by atoms with Crippen LogP contribution in [0.5, 0.6) is 17.2 Å². The number of methoxy groups -OCH3 is 1. The summed E-state index contributed by atoms with van der Waals surface area (Å²) < 4.78 is 10.3. The number of hydrogen-bond acceptors (Lipinski definition) is 7. The Hall–Kier alpha value is -3.75. The smallest absolute Gasteiger partial charge is 0.309 e. The van der Waals surface area contributed by atoms with Gasteiger partial charge in [0, 0.05) is 10.8 Å². The maximum Gasteiger partial charge on any atom is 0.309 e. The predicted molar refractivity (Wildman–Crippen MR) is 107 cm³/mol. The van der Waals surface area contributed by atoms with Crippen molar-refractivity contribution >= 4 is 11.9 Å². The van der Waals surface area contributed by atoms with E-state index in [0.717, 1.165) is 0 Å². The van der Waals surface area contributed by atoms with Crippen LogP contribution in [0.25, 0.3) is 10.4 Å². The number of phenolic OH excluding ortho intramolecular Hbond substituents is 2. The molecule has 3 unspecified atom stereocenters. The highest BCUT2D eigenvalue weighted by Gasteiger charge is 2.38. The average Bonchev–Trinajstić information content (AvgIpc) is 3.09. The summed E-state index contributed by atoms with van der Waals surface area (Å²) in [5.41, 5.74) is 9.38. The van der Waals surface area contributed by atoms with E-state index in [-0.39, 0.29) is 48.2 Å². The monoisotopic (exact) mass is 427 g/mol. The Balaban J connectivity index is 1.77. The standard InChI is InChI=1S/C21H21N3O7/c1-30-19-9-12(3-5-17(19)26)18(27)8-13-10-31-21(29)14(13)6-11-2-4-16(25)15(7-11)20(28)23-24-22/h2-5,7,9,13-14,18,25-27H,6,8,10H2,1H3. The van der Waals surface area contributed by atoms with Crippen molar-refractivity contribution in [1.29, 1.82) is 0 Å². The molecule has 0 aromatic heterocycles. The van der Waals surface area contributed by atoms with Crippen LogP contribution in [0, 0.1) is 11.8 Å². The normalized spacial score (nSPS) is 18.7. The summed E-state index contributed by atoms with van der Waals surface area (Å²) >= 11 is 0. The Morgan fingerprint density at radius 2 is 2.03 bits per heavy atom. The fraction of sp³-hybridized carbons (Fsp3) is 0.333. The van der Waals surface area contributed by atoms with Crippen molar-refractivity contribution < 1.29 is 34.4 Å². The number of hydrogen-bond donors (Lipinski definition) is 3. The predicted octanol–water partition coefficient (Wildman–Crippen LogP) is 3.01. The van der Waals surface area contributed by atoms with Gasteiger partial charge in [0.25, 0.3) is 5.91 Å². The largest absolute Gasteiger partial charge is 0.507 e. The first-order chi connectivity index (χ1) is 14.8. The number of cyclic esters (lactones) is 1. The molecule has 0 aliphatic carbocycles. The highest BCUT2D eigenvalue weighted by atomic mass is 16.5. The molecule has 31 heavy (non-hydrogen) atoms. The number of carbonyl (C=O) groups is 2. The maximum absolute atomic E-state index is 12.3. The van der Waals surface area contributed by atoms with Crippen molar-refractivity contribution in [2.45, 2.75) is 18.9 Å². The molecule has 1 heterocycles. The lowest BCUT2D eigenvalue weighted by atomic mass is 9.84. The zero-order chi connectivity index (χ0) is 22.5. The van der Waals surface area contributed by atoms with Gasteiger partial charge in [-0.3, -0.25) is 9.59 Å². The molecule has 0 spiro atoms. The van der Waals surface area contributed by atoms with E-state index < -0.39 is 23.9 Å². The van der Waals surface area contributed by atoms with E-state index in [1.807, 2.05) is 0 Å². The molecule has 0 radical (unpaired) electrons. The van der Waals surface area contributed by atoms with Crippen LogP contribution in [0.4, 0.5) is 0 Å². The number of rotatable bonds is 7. The van der Waals surface area contributed by atoms with Crippen molar-refractivity contribution in [1.82, 2.24) is 0 Å². The number of nitrogens with zero attached hydrogens (tertiary/aromatic N) is 3. The first-order valence-corrected chi connectivity index (χ1v) is 9.47. The van der Waals surface area contributed by atoms with E-state index in [9.17, 15) is 24.9 Å². The first kappa shape index (κ1) is 21.9. The number of carbonyl (C=O) groups excluding carboxylic acids is 2. The van der Waals surface area contributed by atoms with Crippen LogP contribution in [-0.2, 0) is 16.0 Å². The molecule has 0 bridgehead atoms. The number of esters is 1. The molecule has 10 nitrogen and oxygen atoms in total. The molecule has 10 heteroatoms. The molecule has 0 saturated carbocycles. The van der Waals surface area contributed by atoms with Crippen molar-refractivity contribution in [2.75, 3.05) is 13.7 Å². The number of azide groups is 1. The number of ether oxygens (including phenoxy) is 2. The molecule has 2 aromatic carbocycles. The summed E-state index contributed by atoms with van der Waals surface area (Å²) in [5, 5.41) is 33.2. The molecule has 3 rings (SSSR count). The maximum atomic E-state index is 12.3. The van der Waals surface area contributed by atoms with Crippen LogP contribution >= 0.6 is 0 Å². The molecule has 2 aromatic rings. The Kier molecular flexibility index (Phi) is 6.64. The second kappa shape index (κ2) is 9.38. The first-order valence-electron chi connectivity index (χ1n) is 9.47. The molecule has 1 aliphatic rings. The number of benzene rings is 2. The van der Waals surface area contributed by atoms with E-state index in [1.54, 1.807) is 12.1 Å². The van der Waals surface area contributed by atoms with Crippen LogP contribution in [0.1, 0.15) is 34.0 Å². The molecule has 1 aliphatic heterocycles. The summed E-state index contributed by atoms with van der Waals surface area (Å²) in [6.07, 6.45) is -0.475. The third-order valence-corrected chi connectivity index (χ3v) is 5.31. The third kappa shape index (κ3) is 4.88. The number of aromatic hydroxyl groups is 2. The van der Waals surface area contributed by atoms with Gasteiger partial charge in [-0.05, 0) is 58.9 Å². The van der Waals surface area contributed by atoms with E-state index in [0.29, 0.717) is 11.1 Å². The van der Waals surface area contributed by atoms with Gasteiger partial charge in [0.05, 0.1) is 31.3 Å². The fourth-order valence-corrected chi connectivity index (χ4v) is 3.64. The van der Waals surface area contributed by atoms with Crippen LogP contribution < -0.4 is 4.74 Å². The van der Waals surface area contributed by atoms with Gasteiger partial charge in [0.1, 0.15) is 5.75 Å². The van der Waals surface area contributed by atoms with E-state index in [4.69, 9.17) is 15.0 Å². The molecular weight excluding hydrogens is 406 g/mol. The number of amides is 1. The van der Waals surface area contributed by atoms with E-state index >= 15 is 0 Å². The topological polar surface area (TPSA) is 162 Å². The van der Waals surface area contributed by atoms with Gasteiger partial charge < -0.3 is 24.8 Å². The molecule has 162 valence electrons. The summed E-state index contributed by atoms with van der Waals surface area (Å²) in [6, 6.07) is 8.75. The van der Waals surface area contributed by atoms with Crippen LogP contribution in [0.15, 0.2) is 41.5 Å². The zero-order valence-electron chi connectivity index (χ0n) is 16.6. The zero-order valence-corrected chi connectivity index (χ0v) is 16.6.